The van der Waals surface area contributed by atoms with Crippen molar-refractivity contribution in [3.63, 3.8) is 0 Å². The lowest BCUT2D eigenvalue weighted by molar-refractivity contribution is 0.312. The van der Waals surface area contributed by atoms with Gasteiger partial charge in [-0.2, -0.15) is 0 Å². The molecule has 1 saturated carbocycles. The van der Waals surface area contributed by atoms with Crippen LogP contribution in [0.15, 0.2) is 36.9 Å². The van der Waals surface area contributed by atoms with Crippen molar-refractivity contribution in [3.05, 3.63) is 47.4 Å². The first-order valence-corrected chi connectivity index (χ1v) is 8.69. The summed E-state index contributed by atoms with van der Waals surface area (Å²) >= 11 is 1.95. The Labute approximate surface area is 131 Å². The van der Waals surface area contributed by atoms with E-state index in [2.05, 4.69) is 48.0 Å². The Bertz CT molecular complexity index is 613. The highest BCUT2D eigenvalue weighted by Crippen LogP contribution is 2.33. The highest BCUT2D eigenvalue weighted by molar-refractivity contribution is 7.19. The predicted octanol–water partition coefficient (Wildman–Crippen LogP) is 4.16. The van der Waals surface area contributed by atoms with Gasteiger partial charge in [-0.05, 0) is 36.4 Å². The molecule has 1 heterocycles. The van der Waals surface area contributed by atoms with Crippen LogP contribution in [0.25, 0.3) is 10.1 Å². The lowest BCUT2D eigenvalue weighted by Crippen LogP contribution is -2.24. The van der Waals surface area contributed by atoms with Gasteiger partial charge in [-0.15, -0.1) is 17.9 Å². The molecule has 3 heteroatoms. The summed E-state index contributed by atoms with van der Waals surface area (Å²) in [6.07, 6.45) is 4.69. The lowest BCUT2D eigenvalue weighted by Gasteiger charge is -2.19. The summed E-state index contributed by atoms with van der Waals surface area (Å²) in [5.41, 5.74) is 1.51. The van der Waals surface area contributed by atoms with Crippen molar-refractivity contribution < 1.29 is 0 Å². The zero-order valence-corrected chi connectivity index (χ0v) is 13.6. The highest BCUT2D eigenvalue weighted by Gasteiger charge is 2.22. The minimum atomic E-state index is 0.763. The van der Waals surface area contributed by atoms with Gasteiger partial charge in [0, 0.05) is 35.3 Å². The molecule has 1 aromatic heterocycles. The fourth-order valence-electron chi connectivity index (χ4n) is 2.70. The molecule has 0 unspecified atom stereocenters. The normalized spacial score (nSPS) is 15.0. The topological polar surface area (TPSA) is 15.3 Å². The second-order valence-corrected chi connectivity index (χ2v) is 6.91. The van der Waals surface area contributed by atoms with E-state index < -0.39 is 0 Å². The van der Waals surface area contributed by atoms with Crippen molar-refractivity contribution in [2.24, 2.45) is 0 Å². The van der Waals surface area contributed by atoms with E-state index in [0.29, 0.717) is 0 Å². The van der Waals surface area contributed by atoms with Gasteiger partial charge in [0.2, 0.25) is 0 Å². The molecule has 1 aromatic carbocycles. The molecule has 0 spiro atoms. The maximum atomic E-state index is 3.88. The number of thiophene rings is 1. The predicted molar refractivity (Wildman–Crippen MR) is 92.8 cm³/mol. The molecular weight excluding hydrogens is 276 g/mol. The van der Waals surface area contributed by atoms with E-state index in [9.17, 15) is 0 Å². The number of nitrogens with one attached hydrogen (secondary N) is 1. The number of fused-ring (bicyclic) bond motifs is 1. The van der Waals surface area contributed by atoms with Crippen molar-refractivity contribution in [2.75, 3.05) is 13.1 Å². The summed E-state index contributed by atoms with van der Waals surface area (Å²) in [5.74, 6) is 0. The van der Waals surface area contributed by atoms with Crippen LogP contribution in [-0.4, -0.2) is 24.0 Å². The third kappa shape index (κ3) is 3.54. The van der Waals surface area contributed by atoms with E-state index in [1.165, 1.54) is 33.4 Å². The number of hydrogen-bond acceptors (Lipinski definition) is 3. The third-order valence-electron chi connectivity index (χ3n) is 4.13. The molecule has 0 atom stereocenters. The number of benzene rings is 1. The molecular formula is C18H24N2S. The van der Waals surface area contributed by atoms with Gasteiger partial charge >= 0.3 is 0 Å². The maximum absolute atomic E-state index is 3.88. The van der Waals surface area contributed by atoms with E-state index in [1.807, 2.05) is 17.4 Å². The van der Waals surface area contributed by atoms with Crippen LogP contribution in [0.4, 0.5) is 0 Å². The van der Waals surface area contributed by atoms with Gasteiger partial charge in [0.1, 0.15) is 0 Å². The van der Waals surface area contributed by atoms with Crippen LogP contribution >= 0.6 is 11.3 Å². The van der Waals surface area contributed by atoms with Gasteiger partial charge in [-0.25, -0.2) is 0 Å². The third-order valence-corrected chi connectivity index (χ3v) is 5.34. The number of hydrogen-bond donors (Lipinski definition) is 1. The molecule has 2 nitrogen and oxygen atoms in total. The smallest absolute Gasteiger partial charge is 0.0349 e. The van der Waals surface area contributed by atoms with Gasteiger partial charge < -0.3 is 5.32 Å². The van der Waals surface area contributed by atoms with E-state index in [-0.39, 0.29) is 0 Å². The molecule has 0 amide bonds. The van der Waals surface area contributed by atoms with E-state index in [1.54, 1.807) is 0 Å². The summed E-state index contributed by atoms with van der Waals surface area (Å²) in [5, 5.41) is 5.10. The molecule has 0 aliphatic heterocycles. The van der Waals surface area contributed by atoms with Crippen LogP contribution in [0, 0.1) is 0 Å². The van der Waals surface area contributed by atoms with Crippen LogP contribution in [0.3, 0.4) is 0 Å². The first-order valence-electron chi connectivity index (χ1n) is 7.87. The molecule has 112 valence electrons. The van der Waals surface area contributed by atoms with Crippen molar-refractivity contribution >= 4 is 21.4 Å². The van der Waals surface area contributed by atoms with Crippen LogP contribution in [0.5, 0.6) is 0 Å². The Morgan fingerprint density at radius 2 is 2.19 bits per heavy atom. The molecule has 0 saturated heterocycles. The summed E-state index contributed by atoms with van der Waals surface area (Å²) in [6.45, 7) is 10.2. The minimum absolute atomic E-state index is 0.763. The lowest BCUT2D eigenvalue weighted by atomic mass is 10.1. The van der Waals surface area contributed by atoms with E-state index in [0.717, 1.165) is 32.2 Å². The van der Waals surface area contributed by atoms with Gasteiger partial charge in [-0.3, -0.25) is 4.90 Å². The van der Waals surface area contributed by atoms with Crippen LogP contribution in [-0.2, 0) is 13.1 Å². The second-order valence-electron chi connectivity index (χ2n) is 5.77. The summed E-state index contributed by atoms with van der Waals surface area (Å²) in [6, 6.07) is 9.57. The Balaban J connectivity index is 1.87. The molecule has 2 aromatic rings. The molecule has 1 aliphatic rings. The van der Waals surface area contributed by atoms with Gasteiger partial charge in [-0.1, -0.05) is 31.2 Å². The minimum Gasteiger partial charge on any atom is -0.309 e. The summed E-state index contributed by atoms with van der Waals surface area (Å²) in [4.78, 5) is 3.95. The van der Waals surface area contributed by atoms with Crippen LogP contribution < -0.4 is 5.32 Å². The zero-order valence-electron chi connectivity index (χ0n) is 12.8. The standard InChI is InChI=1S/C18H24N2S/c1-3-11-20(4-2)13-16-15-7-5-6-8-17(15)21-18(16)12-19-14-9-10-14/h3,5-8,14,19H,1,4,9-13H2,2H3. The van der Waals surface area contributed by atoms with Crippen LogP contribution in [0.1, 0.15) is 30.2 Å². The average Bonchev–Trinajstić information content (AvgIpc) is 3.27. The number of nitrogens with zero attached hydrogens (tertiary/aromatic N) is 1. The zero-order chi connectivity index (χ0) is 14.7. The quantitative estimate of drug-likeness (QED) is 0.736. The second kappa shape index (κ2) is 6.73. The molecule has 1 N–H and O–H groups in total. The molecule has 21 heavy (non-hydrogen) atoms. The SMILES string of the molecule is C=CCN(CC)Cc1c(CNC2CC2)sc2ccccc12. The first-order chi connectivity index (χ1) is 10.3. The average molecular weight is 300 g/mol. The molecule has 1 fully saturated rings. The number of likely N-dealkylation sites (N-methyl/N-ethyl adjacent to an activating group) is 1. The van der Waals surface area contributed by atoms with Crippen molar-refractivity contribution in [3.8, 4) is 0 Å². The maximum Gasteiger partial charge on any atom is 0.0349 e. The molecule has 0 bridgehead atoms. The first kappa shape index (κ1) is 14.8. The summed E-state index contributed by atoms with van der Waals surface area (Å²) in [7, 11) is 0. The molecule has 1 aliphatic carbocycles. The van der Waals surface area contributed by atoms with E-state index >= 15 is 0 Å². The fraction of sp³-hybridized carbons (Fsp3) is 0.444. The molecule has 0 radical (unpaired) electrons. The fourth-order valence-corrected chi connectivity index (χ4v) is 3.87. The summed E-state index contributed by atoms with van der Waals surface area (Å²) < 4.78 is 1.41. The van der Waals surface area contributed by atoms with Crippen molar-refractivity contribution in [1.29, 1.82) is 0 Å². The molecule has 3 rings (SSSR count). The van der Waals surface area contributed by atoms with Gasteiger partial charge in [0.25, 0.3) is 0 Å². The van der Waals surface area contributed by atoms with Gasteiger partial charge in [0.15, 0.2) is 0 Å². The van der Waals surface area contributed by atoms with Crippen molar-refractivity contribution in [1.82, 2.24) is 10.2 Å². The Morgan fingerprint density at radius 1 is 1.38 bits per heavy atom. The van der Waals surface area contributed by atoms with Crippen LogP contribution in [0.2, 0.25) is 0 Å². The largest absolute Gasteiger partial charge is 0.309 e. The Kier molecular flexibility index (Phi) is 4.73. The number of rotatable bonds is 8. The van der Waals surface area contributed by atoms with Gasteiger partial charge in [0.05, 0.1) is 0 Å². The Hall–Kier alpha value is -1.16. The highest BCUT2D eigenvalue weighted by atomic mass is 32.1. The van der Waals surface area contributed by atoms with Crippen molar-refractivity contribution in [2.45, 2.75) is 38.9 Å². The monoisotopic (exact) mass is 300 g/mol. The Morgan fingerprint density at radius 3 is 2.90 bits per heavy atom. The van der Waals surface area contributed by atoms with E-state index in [4.69, 9.17) is 0 Å².